The van der Waals surface area contributed by atoms with Gasteiger partial charge in [0, 0.05) is 16.6 Å². The van der Waals surface area contributed by atoms with Gasteiger partial charge in [0.2, 0.25) is 0 Å². The van der Waals surface area contributed by atoms with Gasteiger partial charge >= 0.3 is 0 Å². The van der Waals surface area contributed by atoms with Crippen molar-refractivity contribution in [1.29, 1.82) is 0 Å². The number of aromatic nitrogens is 1. The Morgan fingerprint density at radius 3 is 2.26 bits per heavy atom. The molecule has 1 N–H and O–H groups in total. The van der Waals surface area contributed by atoms with Crippen molar-refractivity contribution in [3.63, 3.8) is 0 Å². The van der Waals surface area contributed by atoms with Crippen molar-refractivity contribution in [2.75, 3.05) is 5.32 Å². The molecule has 0 atom stereocenters. The zero-order chi connectivity index (χ0) is 26.8. The fourth-order valence-electron chi connectivity index (χ4n) is 4.89. The second kappa shape index (κ2) is 10.5. The van der Waals surface area contributed by atoms with E-state index in [2.05, 4.69) is 30.4 Å². The van der Waals surface area contributed by atoms with Gasteiger partial charge in [0.05, 0.1) is 16.8 Å². The van der Waals surface area contributed by atoms with Gasteiger partial charge in [-0.15, -0.1) is 0 Å². The molecule has 0 unspecified atom stereocenters. The summed E-state index contributed by atoms with van der Waals surface area (Å²) in [6.07, 6.45) is 0. The average molecular weight is 501 g/mol. The Hall–Kier alpha value is -4.44. The monoisotopic (exact) mass is 500 g/mol. The molecule has 0 radical (unpaired) electrons. The summed E-state index contributed by atoms with van der Waals surface area (Å²) in [4.78, 5) is 18.9. The van der Waals surface area contributed by atoms with Crippen LogP contribution in [0.4, 0.5) is 5.69 Å². The first-order chi connectivity index (χ1) is 18.3. The van der Waals surface area contributed by atoms with Crippen molar-refractivity contribution in [3.8, 4) is 17.0 Å². The number of hydrogen-bond acceptors (Lipinski definition) is 3. The molecule has 0 aliphatic rings. The quantitative estimate of drug-likeness (QED) is 0.255. The molecule has 0 fully saturated rings. The Labute approximate surface area is 224 Å². The number of aryl methyl sites for hydroxylation is 4. The molecule has 0 saturated carbocycles. The molecular formula is C34H32N2O2. The molecule has 5 aromatic rings. The van der Waals surface area contributed by atoms with Crippen LogP contribution in [-0.2, 0) is 6.61 Å². The fourth-order valence-corrected chi connectivity index (χ4v) is 4.89. The first-order valence-electron chi connectivity index (χ1n) is 12.9. The average Bonchev–Trinajstić information content (AvgIpc) is 2.90. The summed E-state index contributed by atoms with van der Waals surface area (Å²) in [6, 6.07) is 28.3. The number of carbonyl (C=O) groups is 1. The second-order valence-electron chi connectivity index (χ2n) is 10.0. The van der Waals surface area contributed by atoms with Gasteiger partial charge in [-0.1, -0.05) is 54.1 Å². The molecule has 4 aromatic carbocycles. The van der Waals surface area contributed by atoms with Gasteiger partial charge in [-0.05, 0) is 98.8 Å². The Morgan fingerprint density at radius 2 is 1.53 bits per heavy atom. The smallest absolute Gasteiger partial charge is 0.256 e. The summed E-state index contributed by atoms with van der Waals surface area (Å²) in [5, 5.41) is 4.04. The number of nitrogens with one attached hydrogen (secondary N) is 1. The minimum atomic E-state index is -0.127. The van der Waals surface area contributed by atoms with Crippen LogP contribution in [0.2, 0.25) is 0 Å². The lowest BCUT2D eigenvalue weighted by atomic mass is 9.94. The largest absolute Gasteiger partial charge is 0.489 e. The van der Waals surface area contributed by atoms with E-state index in [4.69, 9.17) is 9.72 Å². The maximum atomic E-state index is 13.8. The third-order valence-corrected chi connectivity index (χ3v) is 6.91. The van der Waals surface area contributed by atoms with Gasteiger partial charge in [0.25, 0.3) is 5.91 Å². The molecule has 0 saturated heterocycles. The molecule has 0 aliphatic heterocycles. The zero-order valence-electron chi connectivity index (χ0n) is 22.6. The number of benzene rings is 4. The van der Waals surface area contributed by atoms with Gasteiger partial charge < -0.3 is 10.1 Å². The van der Waals surface area contributed by atoms with E-state index in [9.17, 15) is 4.79 Å². The molecule has 4 heteroatoms. The lowest BCUT2D eigenvalue weighted by molar-refractivity contribution is 0.102. The summed E-state index contributed by atoms with van der Waals surface area (Å²) < 4.78 is 5.98. The Bertz CT molecular complexity index is 1640. The van der Waals surface area contributed by atoms with E-state index in [1.165, 1.54) is 0 Å². The van der Waals surface area contributed by atoms with E-state index < -0.39 is 0 Å². The van der Waals surface area contributed by atoms with Crippen LogP contribution >= 0.6 is 0 Å². The summed E-state index contributed by atoms with van der Waals surface area (Å²) in [5.41, 5.74) is 10.3. The summed E-state index contributed by atoms with van der Waals surface area (Å²) in [6.45, 7) is 10.6. The molecular weight excluding hydrogens is 468 g/mol. The van der Waals surface area contributed by atoms with Crippen molar-refractivity contribution in [3.05, 3.63) is 124 Å². The number of fused-ring (bicyclic) bond motifs is 1. The molecule has 38 heavy (non-hydrogen) atoms. The predicted molar refractivity (Wildman–Crippen MR) is 156 cm³/mol. The van der Waals surface area contributed by atoms with Crippen molar-refractivity contribution in [2.45, 2.75) is 41.2 Å². The van der Waals surface area contributed by atoms with Crippen LogP contribution in [0.1, 0.15) is 43.7 Å². The van der Waals surface area contributed by atoms with Crippen LogP contribution in [0, 0.1) is 34.6 Å². The highest BCUT2D eigenvalue weighted by Gasteiger charge is 2.21. The molecule has 1 amide bonds. The van der Waals surface area contributed by atoms with Crippen LogP contribution in [0.15, 0.2) is 84.9 Å². The standard InChI is InChI=1S/C34H32N2O2/c1-21-11-12-23(3)30(19-21)35-34(37)31-25(5)33(36-32-24(4)17-22(2)18-29(31)32)27-13-15-28(16-14-27)38-20-26-9-7-6-8-10-26/h6-19H,20H2,1-5H3,(H,35,37). The van der Waals surface area contributed by atoms with Crippen LogP contribution in [0.3, 0.4) is 0 Å². The van der Waals surface area contributed by atoms with Gasteiger partial charge in [0.15, 0.2) is 0 Å². The number of amides is 1. The van der Waals surface area contributed by atoms with E-state index in [1.54, 1.807) is 0 Å². The molecule has 5 rings (SSSR count). The molecule has 190 valence electrons. The van der Waals surface area contributed by atoms with Crippen LogP contribution < -0.4 is 10.1 Å². The normalized spacial score (nSPS) is 11.0. The van der Waals surface area contributed by atoms with Gasteiger partial charge in [-0.25, -0.2) is 4.98 Å². The number of nitrogens with zero attached hydrogens (tertiary/aromatic N) is 1. The first kappa shape index (κ1) is 25.2. The minimum Gasteiger partial charge on any atom is -0.489 e. The van der Waals surface area contributed by atoms with Crippen LogP contribution in [0.25, 0.3) is 22.2 Å². The topological polar surface area (TPSA) is 51.2 Å². The summed E-state index contributed by atoms with van der Waals surface area (Å²) in [5.74, 6) is 0.661. The van der Waals surface area contributed by atoms with Crippen molar-refractivity contribution >= 4 is 22.5 Å². The maximum absolute atomic E-state index is 13.8. The minimum absolute atomic E-state index is 0.127. The molecule has 0 aliphatic carbocycles. The Balaban J connectivity index is 1.55. The van der Waals surface area contributed by atoms with Crippen molar-refractivity contribution in [1.82, 2.24) is 4.98 Å². The number of hydrogen-bond donors (Lipinski definition) is 1. The Kier molecular flexibility index (Phi) is 6.97. The van der Waals surface area contributed by atoms with E-state index >= 15 is 0 Å². The number of rotatable bonds is 6. The highest BCUT2D eigenvalue weighted by molar-refractivity contribution is 6.15. The molecule has 1 heterocycles. The predicted octanol–water partition coefficient (Wildman–Crippen LogP) is 8.28. The SMILES string of the molecule is Cc1ccc(C)c(NC(=O)c2c(C)c(-c3ccc(OCc4ccccc4)cc3)nc3c(C)cc(C)cc23)c1. The Morgan fingerprint density at radius 1 is 0.789 bits per heavy atom. The van der Waals surface area contributed by atoms with Gasteiger partial charge in [-0.2, -0.15) is 0 Å². The first-order valence-corrected chi connectivity index (χ1v) is 12.9. The number of pyridine rings is 1. The number of anilines is 1. The van der Waals surface area contributed by atoms with E-state index in [0.29, 0.717) is 12.2 Å². The lowest BCUT2D eigenvalue weighted by Gasteiger charge is -2.17. The number of ether oxygens (including phenoxy) is 1. The third kappa shape index (κ3) is 5.16. The van der Waals surface area contributed by atoms with Crippen molar-refractivity contribution < 1.29 is 9.53 Å². The fraction of sp³-hybridized carbons (Fsp3) is 0.176. The van der Waals surface area contributed by atoms with Crippen molar-refractivity contribution in [2.24, 2.45) is 0 Å². The summed E-state index contributed by atoms with van der Waals surface area (Å²) >= 11 is 0. The van der Waals surface area contributed by atoms with Crippen LogP contribution in [0.5, 0.6) is 5.75 Å². The van der Waals surface area contributed by atoms with E-state index in [0.717, 1.165) is 67.0 Å². The maximum Gasteiger partial charge on any atom is 0.256 e. The van der Waals surface area contributed by atoms with E-state index in [1.807, 2.05) is 94.4 Å². The number of carbonyl (C=O) groups excluding carboxylic acids is 1. The van der Waals surface area contributed by atoms with Crippen LogP contribution in [-0.4, -0.2) is 10.9 Å². The molecule has 0 bridgehead atoms. The van der Waals surface area contributed by atoms with Gasteiger partial charge in [0.1, 0.15) is 12.4 Å². The highest BCUT2D eigenvalue weighted by atomic mass is 16.5. The van der Waals surface area contributed by atoms with Gasteiger partial charge in [-0.3, -0.25) is 4.79 Å². The molecule has 1 aromatic heterocycles. The second-order valence-corrected chi connectivity index (χ2v) is 10.0. The highest BCUT2D eigenvalue weighted by Crippen LogP contribution is 2.33. The molecule has 0 spiro atoms. The van der Waals surface area contributed by atoms with E-state index in [-0.39, 0.29) is 5.91 Å². The third-order valence-electron chi connectivity index (χ3n) is 6.91. The zero-order valence-corrected chi connectivity index (χ0v) is 22.6. The lowest BCUT2D eigenvalue weighted by Crippen LogP contribution is -2.16. The molecule has 4 nitrogen and oxygen atoms in total. The summed E-state index contributed by atoms with van der Waals surface area (Å²) in [7, 11) is 0.